The number of fused-ring (bicyclic) bond motifs is 1. The third kappa shape index (κ3) is 6.19. The Kier molecular flexibility index (Phi) is 8.45. The van der Waals surface area contributed by atoms with Crippen LogP contribution in [0.15, 0.2) is 60.1 Å². The molecule has 2 heterocycles. The third-order valence-electron chi connectivity index (χ3n) is 7.32. The summed E-state index contributed by atoms with van der Waals surface area (Å²) in [6.45, 7) is 12.7. The Hall–Kier alpha value is -2.55. The van der Waals surface area contributed by atoms with E-state index in [2.05, 4.69) is 42.2 Å². The Morgan fingerprint density at radius 1 is 1.26 bits per heavy atom. The van der Waals surface area contributed by atoms with Crippen LogP contribution in [0.5, 0.6) is 0 Å². The number of benzene rings is 1. The molecule has 1 aliphatic heterocycles. The molecule has 8 heteroatoms. The third-order valence-corrected chi connectivity index (χ3v) is 8.12. The highest BCUT2D eigenvalue weighted by molar-refractivity contribution is 7.13. The Morgan fingerprint density at radius 3 is 2.61 bits per heavy atom. The zero-order valence-electron chi connectivity index (χ0n) is 22.1. The summed E-state index contributed by atoms with van der Waals surface area (Å²) < 4.78 is 47.9. The van der Waals surface area contributed by atoms with Crippen LogP contribution in [-0.4, -0.2) is 34.2 Å². The van der Waals surface area contributed by atoms with Gasteiger partial charge in [-0.05, 0) is 56.9 Å². The van der Waals surface area contributed by atoms with Gasteiger partial charge in [0.25, 0.3) is 0 Å². The van der Waals surface area contributed by atoms with Crippen molar-refractivity contribution in [2.75, 3.05) is 6.61 Å². The molecular weight excluding hydrogens is 509 g/mol. The second-order valence-corrected chi connectivity index (χ2v) is 11.7. The van der Waals surface area contributed by atoms with Crippen molar-refractivity contribution in [1.29, 1.82) is 0 Å². The minimum atomic E-state index is -4.70. The number of rotatable bonds is 10. The zero-order chi connectivity index (χ0) is 27.7. The SMILES string of the molecule is C=CC1CC(C/C=C/C2=Nc3c(C(OCC(C)(C)O)C(F)(F)F)ccc(-c4nccs4)c3C2=C)CC1CC. The summed E-state index contributed by atoms with van der Waals surface area (Å²) in [5.41, 5.74) is 1.01. The first-order chi connectivity index (χ1) is 17.9. The standard InChI is InChI=1S/C30H35F3N2O2S/c1-6-20-15-19(16-21(20)7-2)9-8-10-24-18(3)25-22(28-34-13-14-38-28)11-12-23(26(25)35-24)27(30(31,32)33)37-17-29(4,5)36/h6,8,10-14,19-21,27,36H,1,3,7,9,15-17H2,2,4-5H3/b10-8+. The van der Waals surface area contributed by atoms with Crippen LogP contribution in [0.2, 0.25) is 0 Å². The number of aliphatic imine (C=N–C) groups is 1. The molecule has 0 amide bonds. The Balaban J connectivity index is 1.67. The quantitative estimate of drug-likeness (QED) is 0.305. The molecule has 4 nitrogen and oxygen atoms in total. The maximum absolute atomic E-state index is 14.2. The number of allylic oxidation sites excluding steroid dienone is 4. The van der Waals surface area contributed by atoms with Gasteiger partial charge in [-0.2, -0.15) is 13.2 Å². The van der Waals surface area contributed by atoms with Crippen molar-refractivity contribution in [1.82, 2.24) is 4.98 Å². The van der Waals surface area contributed by atoms with E-state index >= 15 is 0 Å². The van der Waals surface area contributed by atoms with Crippen LogP contribution in [0.25, 0.3) is 16.1 Å². The van der Waals surface area contributed by atoms with E-state index in [9.17, 15) is 18.3 Å². The van der Waals surface area contributed by atoms with E-state index < -0.39 is 24.5 Å². The van der Waals surface area contributed by atoms with Crippen molar-refractivity contribution in [2.45, 2.75) is 64.3 Å². The van der Waals surface area contributed by atoms with Gasteiger partial charge in [-0.25, -0.2) is 9.98 Å². The van der Waals surface area contributed by atoms with Gasteiger partial charge in [0.05, 0.1) is 23.6 Å². The zero-order valence-corrected chi connectivity index (χ0v) is 22.9. The van der Waals surface area contributed by atoms with Crippen LogP contribution < -0.4 is 0 Å². The normalized spacial score (nSPS) is 22.7. The van der Waals surface area contributed by atoms with Crippen molar-refractivity contribution in [3.63, 3.8) is 0 Å². The summed E-state index contributed by atoms with van der Waals surface area (Å²) in [5.74, 6) is 1.73. The van der Waals surface area contributed by atoms with Crippen molar-refractivity contribution < 1.29 is 23.0 Å². The van der Waals surface area contributed by atoms with Crippen molar-refractivity contribution >= 4 is 28.3 Å². The van der Waals surface area contributed by atoms with Crippen molar-refractivity contribution in [3.8, 4) is 10.6 Å². The summed E-state index contributed by atoms with van der Waals surface area (Å²) in [4.78, 5) is 9.03. The van der Waals surface area contributed by atoms with Gasteiger partial charge in [0.2, 0.25) is 0 Å². The molecule has 1 N–H and O–H groups in total. The number of thiazole rings is 1. The van der Waals surface area contributed by atoms with Gasteiger partial charge in [0.1, 0.15) is 5.01 Å². The predicted molar refractivity (Wildman–Crippen MR) is 149 cm³/mol. The number of hydrogen-bond donors (Lipinski definition) is 1. The summed E-state index contributed by atoms with van der Waals surface area (Å²) >= 11 is 1.40. The molecule has 2 aromatic rings. The number of aliphatic hydroxyl groups is 1. The molecule has 0 radical (unpaired) electrons. The minimum absolute atomic E-state index is 0.1000. The molecule has 0 saturated heterocycles. The number of nitrogens with zero attached hydrogens (tertiary/aromatic N) is 2. The molecule has 2 aliphatic rings. The van der Waals surface area contributed by atoms with E-state index in [-0.39, 0.29) is 11.3 Å². The number of alkyl halides is 3. The summed E-state index contributed by atoms with van der Waals surface area (Å²) in [6.07, 6.45) is 4.98. The monoisotopic (exact) mass is 544 g/mol. The topological polar surface area (TPSA) is 54.7 Å². The van der Waals surface area contributed by atoms with E-state index in [4.69, 9.17) is 4.74 Å². The fourth-order valence-corrected chi connectivity index (χ4v) is 6.15. The molecule has 4 rings (SSSR count). The molecule has 4 atom stereocenters. The van der Waals surface area contributed by atoms with E-state index in [0.29, 0.717) is 45.2 Å². The highest BCUT2D eigenvalue weighted by Gasteiger charge is 2.45. The number of halogens is 3. The van der Waals surface area contributed by atoms with Crippen LogP contribution in [-0.2, 0) is 4.74 Å². The largest absolute Gasteiger partial charge is 0.418 e. The van der Waals surface area contributed by atoms with Crippen LogP contribution in [0, 0.1) is 17.8 Å². The molecule has 1 fully saturated rings. The van der Waals surface area contributed by atoms with Gasteiger partial charge in [0.15, 0.2) is 6.10 Å². The lowest BCUT2D eigenvalue weighted by Crippen LogP contribution is -2.32. The van der Waals surface area contributed by atoms with Crippen LogP contribution in [0.3, 0.4) is 0 Å². The summed E-state index contributed by atoms with van der Waals surface area (Å²) in [5, 5.41) is 12.5. The lowest BCUT2D eigenvalue weighted by Gasteiger charge is -2.26. The van der Waals surface area contributed by atoms with Gasteiger partial charge in [-0.3, -0.25) is 0 Å². The first-order valence-corrected chi connectivity index (χ1v) is 13.9. The lowest BCUT2D eigenvalue weighted by atomic mass is 9.93. The van der Waals surface area contributed by atoms with Gasteiger partial charge in [0, 0.05) is 33.8 Å². The maximum atomic E-state index is 14.2. The highest BCUT2D eigenvalue weighted by Crippen LogP contribution is 2.49. The first-order valence-electron chi connectivity index (χ1n) is 13.0. The smallest absolute Gasteiger partial charge is 0.388 e. The average molecular weight is 545 g/mol. The molecule has 38 heavy (non-hydrogen) atoms. The fraction of sp³-hybridized carbons (Fsp3) is 0.467. The summed E-state index contributed by atoms with van der Waals surface area (Å²) in [7, 11) is 0. The number of hydrogen-bond acceptors (Lipinski definition) is 5. The number of aromatic nitrogens is 1. The molecular formula is C30H35F3N2O2S. The summed E-state index contributed by atoms with van der Waals surface area (Å²) in [6, 6.07) is 3.03. The van der Waals surface area contributed by atoms with E-state index in [1.54, 1.807) is 12.3 Å². The molecule has 204 valence electrons. The predicted octanol–water partition coefficient (Wildman–Crippen LogP) is 8.49. The molecule has 0 spiro atoms. The van der Waals surface area contributed by atoms with E-state index in [0.717, 1.165) is 25.7 Å². The lowest BCUT2D eigenvalue weighted by molar-refractivity contribution is -0.233. The molecule has 1 aliphatic carbocycles. The number of ether oxygens (including phenoxy) is 1. The first kappa shape index (κ1) is 28.5. The fourth-order valence-electron chi connectivity index (χ4n) is 5.48. The molecule has 1 aromatic heterocycles. The molecule has 4 unspecified atom stereocenters. The van der Waals surface area contributed by atoms with E-state index in [1.807, 2.05) is 11.5 Å². The molecule has 1 aromatic carbocycles. The van der Waals surface area contributed by atoms with Gasteiger partial charge in [-0.15, -0.1) is 17.9 Å². The van der Waals surface area contributed by atoms with Gasteiger partial charge >= 0.3 is 6.18 Å². The Bertz CT molecular complexity index is 1230. The Labute approximate surface area is 226 Å². The second-order valence-electron chi connectivity index (χ2n) is 10.8. The van der Waals surface area contributed by atoms with Crippen molar-refractivity contribution in [2.24, 2.45) is 22.7 Å². The van der Waals surface area contributed by atoms with Crippen LogP contribution in [0.4, 0.5) is 18.9 Å². The average Bonchev–Trinajstić information content (AvgIpc) is 3.58. The van der Waals surface area contributed by atoms with Crippen LogP contribution >= 0.6 is 11.3 Å². The second kappa shape index (κ2) is 11.3. The van der Waals surface area contributed by atoms with Crippen molar-refractivity contribution in [3.05, 3.63) is 66.2 Å². The van der Waals surface area contributed by atoms with E-state index in [1.165, 1.54) is 31.3 Å². The van der Waals surface area contributed by atoms with Gasteiger partial charge in [-0.1, -0.05) is 44.2 Å². The maximum Gasteiger partial charge on any atom is 0.418 e. The van der Waals surface area contributed by atoms with Gasteiger partial charge < -0.3 is 9.84 Å². The highest BCUT2D eigenvalue weighted by atomic mass is 32.1. The molecule has 1 saturated carbocycles. The minimum Gasteiger partial charge on any atom is -0.388 e. The van der Waals surface area contributed by atoms with Crippen LogP contribution in [0.1, 0.15) is 63.7 Å². The molecule has 0 bridgehead atoms. The Morgan fingerprint density at radius 2 is 2.03 bits per heavy atom.